The topological polar surface area (TPSA) is 107 Å². The van der Waals surface area contributed by atoms with Crippen LogP contribution in [0.2, 0.25) is 0 Å². The van der Waals surface area contributed by atoms with Crippen molar-refractivity contribution >= 4 is 45.9 Å². The van der Waals surface area contributed by atoms with Gasteiger partial charge in [0.25, 0.3) is 5.91 Å². The molecule has 0 saturated carbocycles. The molecule has 3 heterocycles. The third-order valence-corrected chi connectivity index (χ3v) is 7.74. The summed E-state index contributed by atoms with van der Waals surface area (Å²) in [5.41, 5.74) is 4.56. The van der Waals surface area contributed by atoms with Crippen LogP contribution in [0.4, 0.5) is 32.1 Å². The number of likely N-dealkylation sites (N-methyl/N-ethyl adjacent to an activating group) is 1. The van der Waals surface area contributed by atoms with Gasteiger partial charge in [-0.3, -0.25) is 14.3 Å². The molecule has 44 heavy (non-hydrogen) atoms. The Balaban J connectivity index is 1.12. The van der Waals surface area contributed by atoms with E-state index in [1.807, 2.05) is 37.3 Å². The smallest absolute Gasteiger partial charge is 0.331 e. The number of fused-ring (bicyclic) bond motifs is 1. The van der Waals surface area contributed by atoms with Crippen molar-refractivity contribution in [3.63, 3.8) is 0 Å². The van der Waals surface area contributed by atoms with Crippen molar-refractivity contribution in [2.75, 3.05) is 49.2 Å². The number of rotatable bonds is 7. The van der Waals surface area contributed by atoms with Gasteiger partial charge in [-0.15, -0.1) is 0 Å². The first-order valence-corrected chi connectivity index (χ1v) is 14.4. The lowest BCUT2D eigenvalue weighted by Crippen LogP contribution is -2.43. The lowest BCUT2D eigenvalue weighted by atomic mass is 10.1. The van der Waals surface area contributed by atoms with Gasteiger partial charge >= 0.3 is 6.03 Å². The Labute approximate surface area is 254 Å². The molecular formula is C33H33FN8O2. The fourth-order valence-electron chi connectivity index (χ4n) is 5.16. The molecule has 0 atom stereocenters. The highest BCUT2D eigenvalue weighted by Gasteiger charge is 2.17. The summed E-state index contributed by atoms with van der Waals surface area (Å²) < 4.78 is 15.0. The van der Waals surface area contributed by atoms with Crippen molar-refractivity contribution in [3.05, 3.63) is 108 Å². The fraction of sp³-hybridized carbons (Fsp3) is 0.212. The summed E-state index contributed by atoms with van der Waals surface area (Å²) in [6.07, 6.45) is 2.94. The second kappa shape index (κ2) is 12.6. The number of carbonyl (C=O) groups is 2. The Morgan fingerprint density at radius 1 is 0.886 bits per heavy atom. The van der Waals surface area contributed by atoms with E-state index in [1.54, 1.807) is 36.5 Å². The summed E-state index contributed by atoms with van der Waals surface area (Å²) >= 11 is 0. The molecule has 0 unspecified atom stereocenters. The summed E-state index contributed by atoms with van der Waals surface area (Å²) in [4.78, 5) is 39.7. The second-order valence-corrected chi connectivity index (χ2v) is 11.0. The third kappa shape index (κ3) is 6.59. The predicted molar refractivity (Wildman–Crippen MR) is 170 cm³/mol. The highest BCUT2D eigenvalue weighted by atomic mass is 19.1. The molecule has 2 aromatic heterocycles. The van der Waals surface area contributed by atoms with Crippen molar-refractivity contribution in [1.29, 1.82) is 0 Å². The lowest BCUT2D eigenvalue weighted by molar-refractivity contribution is 0.102. The monoisotopic (exact) mass is 592 g/mol. The molecule has 0 aliphatic carbocycles. The van der Waals surface area contributed by atoms with Gasteiger partial charge in [-0.1, -0.05) is 24.3 Å². The van der Waals surface area contributed by atoms with Crippen LogP contribution in [0.15, 0.2) is 85.3 Å². The molecule has 6 rings (SSSR count). The van der Waals surface area contributed by atoms with E-state index in [9.17, 15) is 14.0 Å². The van der Waals surface area contributed by atoms with Crippen molar-refractivity contribution < 1.29 is 14.0 Å². The number of nitrogens with one attached hydrogen (secondary N) is 3. The first-order valence-electron chi connectivity index (χ1n) is 14.4. The second-order valence-electron chi connectivity index (χ2n) is 11.0. The largest absolute Gasteiger partial charge is 0.339 e. The zero-order chi connectivity index (χ0) is 30.6. The SMILES string of the molecule is Cc1ccc(NC(=O)c2ccc(CN3CCN(C)CC3)cc2)cc1NC(=O)n1ccc2c(Nc3cccc(F)c3)ncnc21. The quantitative estimate of drug-likeness (QED) is 0.223. The van der Waals surface area contributed by atoms with Gasteiger partial charge in [0.2, 0.25) is 0 Å². The minimum absolute atomic E-state index is 0.233. The van der Waals surface area contributed by atoms with Gasteiger partial charge in [-0.2, -0.15) is 0 Å². The predicted octanol–water partition coefficient (Wildman–Crippen LogP) is 5.70. The van der Waals surface area contributed by atoms with E-state index in [2.05, 4.69) is 42.8 Å². The molecule has 2 amide bonds. The molecule has 3 N–H and O–H groups in total. The van der Waals surface area contributed by atoms with Gasteiger partial charge in [-0.05, 0) is 73.6 Å². The third-order valence-electron chi connectivity index (χ3n) is 7.74. The Morgan fingerprint density at radius 2 is 1.68 bits per heavy atom. The van der Waals surface area contributed by atoms with E-state index in [1.165, 1.54) is 28.6 Å². The molecule has 224 valence electrons. The van der Waals surface area contributed by atoms with E-state index in [0.29, 0.717) is 39.5 Å². The van der Waals surface area contributed by atoms with Crippen LogP contribution in [0.25, 0.3) is 11.0 Å². The van der Waals surface area contributed by atoms with Gasteiger partial charge in [0.05, 0.1) is 5.39 Å². The molecule has 1 aliphatic heterocycles. The molecule has 0 radical (unpaired) electrons. The van der Waals surface area contributed by atoms with E-state index >= 15 is 0 Å². The Kier molecular flexibility index (Phi) is 8.31. The van der Waals surface area contributed by atoms with E-state index in [4.69, 9.17) is 0 Å². The van der Waals surface area contributed by atoms with E-state index in [-0.39, 0.29) is 11.7 Å². The maximum Gasteiger partial charge on any atom is 0.331 e. The maximum atomic E-state index is 13.7. The summed E-state index contributed by atoms with van der Waals surface area (Å²) in [6, 6.07) is 20.4. The van der Waals surface area contributed by atoms with Crippen LogP contribution < -0.4 is 16.0 Å². The normalized spacial score (nSPS) is 14.0. The zero-order valence-electron chi connectivity index (χ0n) is 24.5. The molecule has 10 nitrogen and oxygen atoms in total. The number of piperazine rings is 1. The highest BCUT2D eigenvalue weighted by Crippen LogP contribution is 2.26. The van der Waals surface area contributed by atoms with Crippen molar-refractivity contribution in [2.45, 2.75) is 13.5 Å². The van der Waals surface area contributed by atoms with Gasteiger partial charge < -0.3 is 20.9 Å². The summed E-state index contributed by atoms with van der Waals surface area (Å²) in [6.45, 7) is 6.93. The Morgan fingerprint density at radius 3 is 2.45 bits per heavy atom. The number of aromatic nitrogens is 3. The van der Waals surface area contributed by atoms with Gasteiger partial charge in [0, 0.05) is 61.5 Å². The van der Waals surface area contributed by atoms with Crippen molar-refractivity contribution in [2.24, 2.45) is 0 Å². The fourth-order valence-corrected chi connectivity index (χ4v) is 5.16. The molecule has 1 fully saturated rings. The number of nitrogens with zero attached hydrogens (tertiary/aromatic N) is 5. The summed E-state index contributed by atoms with van der Waals surface area (Å²) in [5.74, 6) is -0.162. The van der Waals surface area contributed by atoms with Crippen LogP contribution in [-0.2, 0) is 6.54 Å². The number of halogens is 1. The summed E-state index contributed by atoms with van der Waals surface area (Å²) in [5, 5.41) is 9.53. The van der Waals surface area contributed by atoms with Gasteiger partial charge in [-0.25, -0.2) is 19.2 Å². The van der Waals surface area contributed by atoms with Crippen LogP contribution >= 0.6 is 0 Å². The molecule has 0 spiro atoms. The molecule has 0 bridgehead atoms. The molecule has 1 saturated heterocycles. The number of benzene rings is 3. The maximum absolute atomic E-state index is 13.7. The molecule has 11 heteroatoms. The van der Waals surface area contributed by atoms with Crippen LogP contribution in [0.3, 0.4) is 0 Å². The van der Waals surface area contributed by atoms with Crippen LogP contribution in [0, 0.1) is 12.7 Å². The van der Waals surface area contributed by atoms with Crippen LogP contribution in [0.5, 0.6) is 0 Å². The van der Waals surface area contributed by atoms with Crippen LogP contribution in [-0.4, -0.2) is 69.5 Å². The molecule has 3 aromatic carbocycles. The lowest BCUT2D eigenvalue weighted by Gasteiger charge is -2.32. The minimum atomic E-state index is -0.432. The van der Waals surface area contributed by atoms with Crippen molar-refractivity contribution in [3.8, 4) is 0 Å². The number of aryl methyl sites for hydroxylation is 1. The number of amides is 2. The van der Waals surface area contributed by atoms with Crippen LogP contribution in [0.1, 0.15) is 21.5 Å². The number of hydrogen-bond donors (Lipinski definition) is 3. The highest BCUT2D eigenvalue weighted by molar-refractivity contribution is 6.05. The summed E-state index contributed by atoms with van der Waals surface area (Å²) in [7, 11) is 2.14. The average Bonchev–Trinajstić information content (AvgIpc) is 3.46. The molecule has 1 aliphatic rings. The first-order chi connectivity index (χ1) is 21.3. The average molecular weight is 593 g/mol. The van der Waals surface area contributed by atoms with Crippen molar-refractivity contribution in [1.82, 2.24) is 24.3 Å². The number of carbonyl (C=O) groups excluding carboxylic acids is 2. The molecular weight excluding hydrogens is 559 g/mol. The van der Waals surface area contributed by atoms with E-state index in [0.717, 1.165) is 38.3 Å². The van der Waals surface area contributed by atoms with Gasteiger partial charge in [0.1, 0.15) is 18.0 Å². The standard InChI is InChI=1S/C33H33FN8O2/c1-22-6-11-27(38-32(43)24-9-7-23(8-10-24)20-41-16-14-40(2)15-17-41)19-29(22)39-33(44)42-13-12-28-30(35-21-36-31(28)42)37-26-5-3-4-25(34)18-26/h3-13,18-19,21H,14-17,20H2,1-2H3,(H,38,43)(H,39,44)(H,35,36,37). The Bertz CT molecular complexity index is 1810. The molecule has 5 aromatic rings. The minimum Gasteiger partial charge on any atom is -0.339 e. The first kappa shape index (κ1) is 29.0. The zero-order valence-corrected chi connectivity index (χ0v) is 24.5. The Hall–Kier alpha value is -5.13. The number of anilines is 4. The van der Waals surface area contributed by atoms with Gasteiger partial charge in [0.15, 0.2) is 5.65 Å². The number of hydrogen-bond acceptors (Lipinski definition) is 7. The van der Waals surface area contributed by atoms with E-state index < -0.39 is 6.03 Å².